The highest BCUT2D eigenvalue weighted by Crippen LogP contribution is 2.14. The maximum absolute atomic E-state index is 10.2. The Kier molecular flexibility index (Phi) is 17.8. The van der Waals surface area contributed by atoms with Gasteiger partial charge in [-0.2, -0.15) is 0 Å². The van der Waals surface area contributed by atoms with E-state index in [4.69, 9.17) is 0 Å². The van der Waals surface area contributed by atoms with Crippen LogP contribution in [-0.2, 0) is 0 Å². The molecular weight excluding hydrogens is 396 g/mol. The Balaban J connectivity index is 3.35. The van der Waals surface area contributed by atoms with Crippen molar-refractivity contribution in [3.05, 3.63) is 0 Å². The Morgan fingerprint density at radius 1 is 0.500 bits per heavy atom. The third-order valence-corrected chi connectivity index (χ3v) is 6.96. The Morgan fingerprint density at radius 2 is 0.800 bits per heavy atom. The largest absolute Gasteiger partial charge is 0.393 e. The fraction of sp³-hybridized carbons (Fsp3) is 0.852. The lowest BCUT2D eigenvalue weighted by Crippen LogP contribution is -2.16. The van der Waals surface area contributed by atoms with Gasteiger partial charge in [0, 0.05) is 12.8 Å². The molecule has 0 bridgehead atoms. The Morgan fingerprint density at radius 3 is 1.13 bits per heavy atom. The zero-order valence-electron chi connectivity index (χ0n) is 21.3. The molecule has 0 amide bonds. The fourth-order valence-electron chi connectivity index (χ4n) is 3.40. The Bertz CT molecular complexity index is 472. The predicted octanol–water partition coefficient (Wildman–Crippen LogP) is 8.35. The number of hydrogen-bond donors (Lipinski definition) is 1. The van der Waals surface area contributed by atoms with Gasteiger partial charge >= 0.3 is 0 Å². The molecule has 0 fully saturated rings. The van der Waals surface area contributed by atoms with Crippen LogP contribution in [0.2, 0.25) is 39.3 Å². The summed E-state index contributed by atoms with van der Waals surface area (Å²) in [5, 5.41) is 10.2. The standard InChI is InChI=1S/C27H52OSi2/c1-29(2,3)25-21-17-13-9-7-11-15-19-23-27(28)24-20-16-12-8-10-14-18-22-26-30(4,5)6/h27-28H,7-20,23-24H2,1-6H3. The van der Waals surface area contributed by atoms with Crippen LogP contribution in [-0.4, -0.2) is 27.4 Å². The van der Waals surface area contributed by atoms with E-state index in [0.29, 0.717) is 0 Å². The first-order valence-corrected chi connectivity index (χ1v) is 19.8. The van der Waals surface area contributed by atoms with Crippen molar-refractivity contribution in [1.82, 2.24) is 0 Å². The van der Waals surface area contributed by atoms with Crippen molar-refractivity contribution in [1.29, 1.82) is 0 Å². The van der Waals surface area contributed by atoms with Crippen molar-refractivity contribution in [2.24, 2.45) is 0 Å². The second-order valence-electron chi connectivity index (χ2n) is 11.1. The molecule has 0 unspecified atom stereocenters. The highest BCUT2D eigenvalue weighted by molar-refractivity contribution is 6.84. The van der Waals surface area contributed by atoms with Crippen LogP contribution in [0, 0.1) is 22.9 Å². The molecule has 0 aromatic heterocycles. The van der Waals surface area contributed by atoms with E-state index in [-0.39, 0.29) is 6.10 Å². The Hall–Kier alpha value is -0.486. The normalized spacial score (nSPS) is 11.7. The van der Waals surface area contributed by atoms with Gasteiger partial charge in [-0.25, -0.2) is 0 Å². The number of aliphatic hydroxyl groups is 1. The Labute approximate surface area is 192 Å². The van der Waals surface area contributed by atoms with Crippen molar-refractivity contribution in [3.8, 4) is 22.9 Å². The summed E-state index contributed by atoms with van der Waals surface area (Å²) in [5.74, 6) is 6.73. The predicted molar refractivity (Wildman–Crippen MR) is 142 cm³/mol. The average Bonchev–Trinajstić information content (AvgIpc) is 2.63. The van der Waals surface area contributed by atoms with E-state index in [1.165, 1.54) is 77.0 Å². The van der Waals surface area contributed by atoms with Gasteiger partial charge < -0.3 is 5.11 Å². The number of aliphatic hydroxyl groups excluding tert-OH is 1. The van der Waals surface area contributed by atoms with Crippen LogP contribution in [0.25, 0.3) is 0 Å². The number of hydrogen-bond acceptors (Lipinski definition) is 1. The summed E-state index contributed by atoms with van der Waals surface area (Å²) in [4.78, 5) is 0. The van der Waals surface area contributed by atoms with Crippen molar-refractivity contribution in [2.45, 2.75) is 148 Å². The van der Waals surface area contributed by atoms with Gasteiger partial charge in [-0.05, 0) is 25.7 Å². The van der Waals surface area contributed by atoms with Crippen LogP contribution in [0.4, 0.5) is 0 Å². The molecule has 0 aliphatic rings. The highest BCUT2D eigenvalue weighted by Gasteiger charge is 2.07. The second kappa shape index (κ2) is 18.1. The minimum absolute atomic E-state index is 0.0707. The van der Waals surface area contributed by atoms with Crippen LogP contribution >= 0.6 is 0 Å². The first-order chi connectivity index (χ1) is 14.1. The van der Waals surface area contributed by atoms with Gasteiger partial charge in [0.2, 0.25) is 0 Å². The van der Waals surface area contributed by atoms with Crippen molar-refractivity contribution >= 4 is 16.1 Å². The summed E-state index contributed by atoms with van der Waals surface area (Å²) in [6.07, 6.45) is 19.4. The molecular formula is C27H52OSi2. The molecule has 0 aliphatic carbocycles. The molecule has 0 heterocycles. The topological polar surface area (TPSA) is 20.2 Å². The minimum Gasteiger partial charge on any atom is -0.393 e. The first kappa shape index (κ1) is 29.5. The molecule has 0 aromatic carbocycles. The number of unbranched alkanes of at least 4 members (excludes halogenated alkanes) is 12. The van der Waals surface area contributed by atoms with E-state index >= 15 is 0 Å². The molecule has 3 heteroatoms. The van der Waals surface area contributed by atoms with Gasteiger partial charge in [0.1, 0.15) is 16.1 Å². The molecule has 1 nitrogen and oxygen atoms in total. The van der Waals surface area contributed by atoms with E-state index in [2.05, 4.69) is 62.2 Å². The van der Waals surface area contributed by atoms with Gasteiger partial charge in [-0.15, -0.1) is 22.9 Å². The molecule has 0 saturated carbocycles. The van der Waals surface area contributed by atoms with Crippen LogP contribution in [0.1, 0.15) is 103 Å². The van der Waals surface area contributed by atoms with Crippen molar-refractivity contribution < 1.29 is 5.11 Å². The SMILES string of the molecule is C[Si](C)(C)C#CCCCCCCCCC(O)CCCCCCCCC#C[Si](C)(C)C. The monoisotopic (exact) mass is 448 g/mol. The van der Waals surface area contributed by atoms with E-state index in [1.807, 2.05) is 0 Å². The van der Waals surface area contributed by atoms with E-state index in [9.17, 15) is 5.11 Å². The molecule has 0 aromatic rings. The first-order valence-electron chi connectivity index (χ1n) is 12.8. The lowest BCUT2D eigenvalue weighted by molar-refractivity contribution is 0.147. The molecule has 0 spiro atoms. The third kappa shape index (κ3) is 25.6. The van der Waals surface area contributed by atoms with Gasteiger partial charge in [-0.1, -0.05) is 103 Å². The van der Waals surface area contributed by atoms with Crippen molar-refractivity contribution in [2.75, 3.05) is 0 Å². The summed E-state index contributed by atoms with van der Waals surface area (Å²) in [5.41, 5.74) is 6.89. The van der Waals surface area contributed by atoms with Crippen LogP contribution in [0.5, 0.6) is 0 Å². The highest BCUT2D eigenvalue weighted by atomic mass is 28.3. The lowest BCUT2D eigenvalue weighted by atomic mass is 10.0. The molecule has 174 valence electrons. The van der Waals surface area contributed by atoms with Gasteiger partial charge in [-0.3, -0.25) is 0 Å². The quantitative estimate of drug-likeness (QED) is 0.143. The van der Waals surface area contributed by atoms with Crippen LogP contribution < -0.4 is 0 Å². The summed E-state index contributed by atoms with van der Waals surface area (Å²) >= 11 is 0. The fourth-order valence-corrected chi connectivity index (χ4v) is 4.71. The van der Waals surface area contributed by atoms with Crippen LogP contribution in [0.3, 0.4) is 0 Å². The summed E-state index contributed by atoms with van der Waals surface area (Å²) in [6.45, 7) is 13.8. The van der Waals surface area contributed by atoms with Gasteiger partial charge in [0.05, 0.1) is 6.10 Å². The summed E-state index contributed by atoms with van der Waals surface area (Å²) in [7, 11) is -2.34. The van der Waals surface area contributed by atoms with E-state index < -0.39 is 16.1 Å². The molecule has 1 N–H and O–H groups in total. The maximum Gasteiger partial charge on any atom is 0.129 e. The molecule has 0 saturated heterocycles. The zero-order valence-corrected chi connectivity index (χ0v) is 23.3. The van der Waals surface area contributed by atoms with Gasteiger partial charge in [0.15, 0.2) is 0 Å². The molecule has 0 radical (unpaired) electrons. The minimum atomic E-state index is -1.17. The van der Waals surface area contributed by atoms with Crippen molar-refractivity contribution in [3.63, 3.8) is 0 Å². The summed E-state index contributed by atoms with van der Waals surface area (Å²) < 4.78 is 0. The zero-order chi connectivity index (χ0) is 22.7. The maximum atomic E-state index is 10.2. The second-order valence-corrected chi connectivity index (χ2v) is 20.6. The molecule has 0 rings (SSSR count). The number of rotatable bonds is 16. The summed E-state index contributed by atoms with van der Waals surface area (Å²) in [6, 6.07) is 0. The van der Waals surface area contributed by atoms with Crippen LogP contribution in [0.15, 0.2) is 0 Å². The molecule has 0 aliphatic heterocycles. The molecule has 0 atom stereocenters. The van der Waals surface area contributed by atoms with Gasteiger partial charge in [0.25, 0.3) is 0 Å². The smallest absolute Gasteiger partial charge is 0.129 e. The lowest BCUT2D eigenvalue weighted by Gasteiger charge is -2.10. The van der Waals surface area contributed by atoms with E-state index in [0.717, 1.165) is 25.7 Å². The third-order valence-electron chi connectivity index (χ3n) is 5.11. The van der Waals surface area contributed by atoms with E-state index in [1.54, 1.807) is 0 Å². The molecule has 30 heavy (non-hydrogen) atoms. The average molecular weight is 449 g/mol.